The molecule has 6 nitrogen and oxygen atoms in total. The number of anilines is 2. The summed E-state index contributed by atoms with van der Waals surface area (Å²) in [7, 11) is 0. The van der Waals surface area contributed by atoms with E-state index in [0.29, 0.717) is 25.1 Å². The fourth-order valence-electron chi connectivity index (χ4n) is 2.88. The first kappa shape index (κ1) is 17.9. The van der Waals surface area contributed by atoms with Crippen molar-refractivity contribution in [3.63, 3.8) is 0 Å². The smallest absolute Gasteiger partial charge is 0.252 e. The van der Waals surface area contributed by atoms with Crippen LogP contribution in [0.5, 0.6) is 0 Å². The minimum atomic E-state index is -0.0991. The Morgan fingerprint density at radius 1 is 1.19 bits per heavy atom. The van der Waals surface area contributed by atoms with Crippen LogP contribution in [0.3, 0.4) is 0 Å². The lowest BCUT2D eigenvalue weighted by molar-refractivity contribution is -0.117. The van der Waals surface area contributed by atoms with E-state index >= 15 is 0 Å². The average Bonchev–Trinajstić information content (AvgIpc) is 3.11. The first-order valence-corrected chi connectivity index (χ1v) is 9.05. The van der Waals surface area contributed by atoms with Crippen molar-refractivity contribution in [2.75, 3.05) is 23.3 Å². The van der Waals surface area contributed by atoms with Gasteiger partial charge in [-0.15, -0.1) is 0 Å². The SMILES string of the molecule is CCCNC(=O)c1ccc(NCc2ccc(N3CCCC3=O)cc2)nc1. The maximum atomic E-state index is 11.9. The molecule has 0 radical (unpaired) electrons. The Balaban J connectivity index is 1.54. The van der Waals surface area contributed by atoms with Crippen LogP contribution in [0.4, 0.5) is 11.5 Å². The maximum Gasteiger partial charge on any atom is 0.252 e. The van der Waals surface area contributed by atoms with Crippen LogP contribution in [0, 0.1) is 0 Å². The summed E-state index contributed by atoms with van der Waals surface area (Å²) in [5.41, 5.74) is 2.62. The summed E-state index contributed by atoms with van der Waals surface area (Å²) in [6.07, 6.45) is 4.06. The molecule has 0 aliphatic carbocycles. The number of nitrogens with one attached hydrogen (secondary N) is 2. The van der Waals surface area contributed by atoms with Gasteiger partial charge in [-0.05, 0) is 42.7 Å². The number of pyridine rings is 1. The first-order chi connectivity index (χ1) is 12.7. The summed E-state index contributed by atoms with van der Waals surface area (Å²) in [4.78, 5) is 29.8. The standard InChI is InChI=1S/C20H24N4O2/c1-2-11-21-20(26)16-7-10-18(23-14-16)22-13-15-5-8-17(9-6-15)24-12-3-4-19(24)25/h5-10,14H,2-4,11-13H2,1H3,(H,21,26)(H,22,23). The van der Waals surface area contributed by atoms with Crippen LogP contribution < -0.4 is 15.5 Å². The third-order valence-corrected chi connectivity index (χ3v) is 4.36. The molecule has 2 amide bonds. The zero-order valence-corrected chi connectivity index (χ0v) is 15.0. The molecule has 1 aliphatic rings. The molecule has 6 heteroatoms. The average molecular weight is 352 g/mol. The van der Waals surface area contributed by atoms with E-state index in [2.05, 4.69) is 15.6 Å². The van der Waals surface area contributed by atoms with E-state index in [1.807, 2.05) is 36.1 Å². The summed E-state index contributed by atoms with van der Waals surface area (Å²) < 4.78 is 0. The van der Waals surface area contributed by atoms with Gasteiger partial charge in [-0.3, -0.25) is 9.59 Å². The van der Waals surface area contributed by atoms with Gasteiger partial charge in [0.05, 0.1) is 5.56 Å². The summed E-state index contributed by atoms with van der Waals surface area (Å²) >= 11 is 0. The number of carbonyl (C=O) groups excluding carboxylic acids is 2. The molecule has 2 heterocycles. The van der Waals surface area contributed by atoms with E-state index in [1.165, 1.54) is 0 Å². The molecule has 0 saturated carbocycles. The second-order valence-corrected chi connectivity index (χ2v) is 6.36. The summed E-state index contributed by atoms with van der Waals surface area (Å²) in [6.45, 7) is 4.11. The highest BCUT2D eigenvalue weighted by Gasteiger charge is 2.21. The number of amides is 2. The van der Waals surface area contributed by atoms with Crippen molar-refractivity contribution in [2.24, 2.45) is 0 Å². The van der Waals surface area contributed by atoms with Crippen molar-refractivity contribution >= 4 is 23.3 Å². The number of carbonyl (C=O) groups is 2. The van der Waals surface area contributed by atoms with Crippen LogP contribution in [-0.4, -0.2) is 29.9 Å². The van der Waals surface area contributed by atoms with Crippen LogP contribution in [0.1, 0.15) is 42.1 Å². The summed E-state index contributed by atoms with van der Waals surface area (Å²) in [5.74, 6) is 0.817. The van der Waals surface area contributed by atoms with Gasteiger partial charge >= 0.3 is 0 Å². The van der Waals surface area contributed by atoms with E-state index in [4.69, 9.17) is 0 Å². The second kappa shape index (κ2) is 8.47. The van der Waals surface area contributed by atoms with E-state index in [0.717, 1.165) is 36.5 Å². The van der Waals surface area contributed by atoms with Gasteiger partial charge in [-0.1, -0.05) is 19.1 Å². The molecule has 0 unspecified atom stereocenters. The molecular formula is C20H24N4O2. The minimum Gasteiger partial charge on any atom is -0.366 e. The lowest BCUT2D eigenvalue weighted by Crippen LogP contribution is -2.24. The molecule has 1 aromatic heterocycles. The van der Waals surface area contributed by atoms with Crippen LogP contribution in [-0.2, 0) is 11.3 Å². The Hall–Kier alpha value is -2.89. The van der Waals surface area contributed by atoms with E-state index in [9.17, 15) is 9.59 Å². The molecule has 1 fully saturated rings. The highest BCUT2D eigenvalue weighted by atomic mass is 16.2. The third-order valence-electron chi connectivity index (χ3n) is 4.36. The van der Waals surface area contributed by atoms with Crippen molar-refractivity contribution < 1.29 is 9.59 Å². The van der Waals surface area contributed by atoms with E-state index < -0.39 is 0 Å². The molecule has 136 valence electrons. The Kier molecular flexibility index (Phi) is 5.84. The monoisotopic (exact) mass is 352 g/mol. The zero-order chi connectivity index (χ0) is 18.4. The van der Waals surface area contributed by atoms with E-state index in [1.54, 1.807) is 18.3 Å². The maximum absolute atomic E-state index is 11.9. The molecule has 2 aromatic rings. The topological polar surface area (TPSA) is 74.3 Å². The van der Waals surface area contributed by atoms with E-state index in [-0.39, 0.29) is 11.8 Å². The molecule has 2 N–H and O–H groups in total. The second-order valence-electron chi connectivity index (χ2n) is 6.36. The fraction of sp³-hybridized carbons (Fsp3) is 0.350. The van der Waals surface area contributed by atoms with Crippen LogP contribution in [0.15, 0.2) is 42.6 Å². The molecule has 1 aromatic carbocycles. The molecule has 0 spiro atoms. The van der Waals surface area contributed by atoms with Gasteiger partial charge in [-0.25, -0.2) is 4.98 Å². The largest absolute Gasteiger partial charge is 0.366 e. The number of nitrogens with zero attached hydrogens (tertiary/aromatic N) is 2. The van der Waals surface area contributed by atoms with Gasteiger partial charge in [0.15, 0.2) is 0 Å². The highest BCUT2D eigenvalue weighted by Crippen LogP contribution is 2.21. The number of benzene rings is 1. The van der Waals surface area contributed by atoms with Crippen LogP contribution in [0.2, 0.25) is 0 Å². The van der Waals surface area contributed by atoms with Crippen molar-refractivity contribution in [2.45, 2.75) is 32.7 Å². The number of aromatic nitrogens is 1. The Morgan fingerprint density at radius 3 is 2.62 bits per heavy atom. The van der Waals surface area contributed by atoms with Gasteiger partial charge in [0.25, 0.3) is 5.91 Å². The summed E-state index contributed by atoms with van der Waals surface area (Å²) in [5, 5.41) is 6.07. The molecule has 1 saturated heterocycles. The molecular weight excluding hydrogens is 328 g/mol. The lowest BCUT2D eigenvalue weighted by atomic mass is 10.2. The summed E-state index contributed by atoms with van der Waals surface area (Å²) in [6, 6.07) is 11.6. The fourth-order valence-corrected chi connectivity index (χ4v) is 2.88. The Bertz CT molecular complexity index is 756. The number of hydrogen-bond donors (Lipinski definition) is 2. The molecule has 3 rings (SSSR count). The van der Waals surface area contributed by atoms with Crippen LogP contribution >= 0.6 is 0 Å². The number of rotatable bonds is 7. The zero-order valence-electron chi connectivity index (χ0n) is 15.0. The van der Waals surface area contributed by atoms with Crippen molar-refractivity contribution in [3.05, 3.63) is 53.7 Å². The highest BCUT2D eigenvalue weighted by molar-refractivity contribution is 5.95. The molecule has 0 atom stereocenters. The normalized spacial score (nSPS) is 13.7. The quantitative estimate of drug-likeness (QED) is 0.803. The predicted molar refractivity (Wildman–Crippen MR) is 102 cm³/mol. The number of hydrogen-bond acceptors (Lipinski definition) is 4. The van der Waals surface area contributed by atoms with Gasteiger partial charge in [0.1, 0.15) is 5.82 Å². The third kappa shape index (κ3) is 4.39. The molecule has 26 heavy (non-hydrogen) atoms. The van der Waals surface area contributed by atoms with Gasteiger partial charge in [0.2, 0.25) is 5.91 Å². The van der Waals surface area contributed by atoms with Crippen molar-refractivity contribution in [1.82, 2.24) is 10.3 Å². The Labute approximate surface area is 153 Å². The Morgan fingerprint density at radius 2 is 2.00 bits per heavy atom. The van der Waals surface area contributed by atoms with Gasteiger partial charge < -0.3 is 15.5 Å². The predicted octanol–water partition coefficient (Wildman–Crippen LogP) is 2.96. The van der Waals surface area contributed by atoms with Gasteiger partial charge in [0, 0.05) is 37.9 Å². The van der Waals surface area contributed by atoms with Gasteiger partial charge in [-0.2, -0.15) is 0 Å². The first-order valence-electron chi connectivity index (χ1n) is 9.05. The lowest BCUT2D eigenvalue weighted by Gasteiger charge is -2.16. The van der Waals surface area contributed by atoms with Crippen molar-refractivity contribution in [1.29, 1.82) is 0 Å². The molecule has 1 aliphatic heterocycles. The minimum absolute atomic E-state index is 0.0991. The van der Waals surface area contributed by atoms with Crippen LogP contribution in [0.25, 0.3) is 0 Å². The van der Waals surface area contributed by atoms with Crippen molar-refractivity contribution in [3.8, 4) is 0 Å². The molecule has 0 bridgehead atoms.